The van der Waals surface area contributed by atoms with Crippen molar-refractivity contribution in [3.63, 3.8) is 0 Å². The molecule has 3 aromatic rings. The number of halogens is 1. The fourth-order valence-electron chi connectivity index (χ4n) is 2.57. The highest BCUT2D eigenvalue weighted by Crippen LogP contribution is 2.23. The number of hydrogen-bond acceptors (Lipinski definition) is 7. The van der Waals surface area contributed by atoms with Gasteiger partial charge in [0.05, 0.1) is 6.04 Å². The zero-order valence-electron chi connectivity index (χ0n) is 12.0. The van der Waals surface area contributed by atoms with E-state index >= 15 is 0 Å². The van der Waals surface area contributed by atoms with Gasteiger partial charge in [-0.3, -0.25) is 4.90 Å². The highest BCUT2D eigenvalue weighted by molar-refractivity contribution is 5.85. The van der Waals surface area contributed by atoms with Crippen LogP contribution in [0.5, 0.6) is 0 Å². The Bertz CT molecular complexity index is 770. The maximum absolute atomic E-state index is 5.40. The smallest absolute Gasteiger partial charge is 0.280 e. The van der Waals surface area contributed by atoms with Gasteiger partial charge in [0.2, 0.25) is 0 Å². The van der Waals surface area contributed by atoms with Crippen LogP contribution < -0.4 is 5.32 Å². The molecule has 8 nitrogen and oxygen atoms in total. The van der Waals surface area contributed by atoms with Gasteiger partial charge in [0.25, 0.3) is 5.89 Å². The number of imidazole rings is 1. The first kappa shape index (κ1) is 14.9. The molecule has 1 aliphatic heterocycles. The number of piperazine rings is 1. The lowest BCUT2D eigenvalue weighted by Gasteiger charge is -2.30. The van der Waals surface area contributed by atoms with Gasteiger partial charge in [0.1, 0.15) is 0 Å². The van der Waals surface area contributed by atoms with Crippen LogP contribution >= 0.6 is 12.4 Å². The molecule has 1 unspecified atom stereocenters. The third-order valence-corrected chi connectivity index (χ3v) is 3.76. The van der Waals surface area contributed by atoms with Crippen molar-refractivity contribution in [2.45, 2.75) is 6.04 Å². The molecule has 22 heavy (non-hydrogen) atoms. The van der Waals surface area contributed by atoms with Crippen molar-refractivity contribution in [2.75, 3.05) is 26.7 Å². The summed E-state index contributed by atoms with van der Waals surface area (Å²) in [5.74, 6) is 1.08. The number of likely N-dealkylation sites (N-methyl/N-ethyl adjacent to an activating group) is 1. The molecular formula is C13H16ClN7O. The predicted molar refractivity (Wildman–Crippen MR) is 81.8 cm³/mol. The van der Waals surface area contributed by atoms with E-state index in [0.29, 0.717) is 23.1 Å². The van der Waals surface area contributed by atoms with Crippen LogP contribution in [-0.4, -0.2) is 56.1 Å². The molecule has 4 heterocycles. The van der Waals surface area contributed by atoms with Crippen molar-refractivity contribution >= 4 is 18.1 Å². The summed E-state index contributed by atoms with van der Waals surface area (Å²) in [7, 11) is 2.06. The van der Waals surface area contributed by atoms with Gasteiger partial charge in [-0.05, 0) is 7.05 Å². The second kappa shape index (κ2) is 5.99. The molecule has 1 saturated heterocycles. The van der Waals surface area contributed by atoms with E-state index in [0.717, 1.165) is 19.6 Å². The van der Waals surface area contributed by atoms with Crippen molar-refractivity contribution in [3.05, 3.63) is 30.6 Å². The third-order valence-electron chi connectivity index (χ3n) is 3.76. The number of fused-ring (bicyclic) bond motifs is 1. The minimum absolute atomic E-state index is 0. The molecule has 4 rings (SSSR count). The monoisotopic (exact) mass is 321 g/mol. The van der Waals surface area contributed by atoms with Crippen LogP contribution in [0.2, 0.25) is 0 Å². The SMILES string of the molecule is CN1CCNCC1c1noc(-c2nccn3ccnc23)n1.Cl. The molecule has 0 amide bonds. The average molecular weight is 322 g/mol. The lowest BCUT2D eigenvalue weighted by molar-refractivity contribution is 0.190. The van der Waals surface area contributed by atoms with Crippen molar-refractivity contribution in [1.82, 2.24) is 34.7 Å². The molecule has 0 aliphatic carbocycles. The summed E-state index contributed by atoms with van der Waals surface area (Å²) in [5.41, 5.74) is 1.32. The first-order valence-electron chi connectivity index (χ1n) is 6.85. The van der Waals surface area contributed by atoms with Gasteiger partial charge in [-0.15, -0.1) is 12.4 Å². The zero-order chi connectivity index (χ0) is 14.2. The van der Waals surface area contributed by atoms with E-state index in [-0.39, 0.29) is 18.4 Å². The van der Waals surface area contributed by atoms with E-state index in [2.05, 4.69) is 37.4 Å². The Morgan fingerprint density at radius 1 is 1.27 bits per heavy atom. The Hall–Kier alpha value is -2.03. The van der Waals surface area contributed by atoms with Crippen LogP contribution in [0.4, 0.5) is 0 Å². The van der Waals surface area contributed by atoms with E-state index in [1.54, 1.807) is 12.4 Å². The Morgan fingerprint density at radius 2 is 2.09 bits per heavy atom. The minimum atomic E-state index is 0. The molecule has 3 aromatic heterocycles. The zero-order valence-corrected chi connectivity index (χ0v) is 12.8. The minimum Gasteiger partial charge on any atom is -0.332 e. The standard InChI is InChI=1S/C13H15N7O.ClH/c1-19-5-2-14-8-9(19)11-17-13(21-18-11)10-12-16-4-7-20(12)6-3-15-10;/h3-4,6-7,9,14H,2,5,8H2,1H3;1H. The Balaban J connectivity index is 0.00000144. The van der Waals surface area contributed by atoms with Crippen LogP contribution in [0.15, 0.2) is 29.3 Å². The molecule has 0 aromatic carbocycles. The molecule has 0 spiro atoms. The van der Waals surface area contributed by atoms with Crippen molar-refractivity contribution < 1.29 is 4.52 Å². The number of aromatic nitrogens is 5. The van der Waals surface area contributed by atoms with Gasteiger partial charge in [-0.25, -0.2) is 9.97 Å². The molecule has 1 N–H and O–H groups in total. The van der Waals surface area contributed by atoms with Crippen LogP contribution in [0.3, 0.4) is 0 Å². The van der Waals surface area contributed by atoms with E-state index < -0.39 is 0 Å². The molecule has 0 radical (unpaired) electrons. The normalized spacial score (nSPS) is 19.2. The summed E-state index contributed by atoms with van der Waals surface area (Å²) in [5, 5.41) is 7.46. The van der Waals surface area contributed by atoms with Gasteiger partial charge in [-0.1, -0.05) is 5.16 Å². The van der Waals surface area contributed by atoms with Crippen molar-refractivity contribution in [1.29, 1.82) is 0 Å². The second-order valence-electron chi connectivity index (χ2n) is 5.09. The highest BCUT2D eigenvalue weighted by atomic mass is 35.5. The quantitative estimate of drug-likeness (QED) is 0.746. The van der Waals surface area contributed by atoms with E-state index in [4.69, 9.17) is 4.52 Å². The second-order valence-corrected chi connectivity index (χ2v) is 5.09. The summed E-state index contributed by atoms with van der Waals surface area (Å²) in [6, 6.07) is 0.121. The summed E-state index contributed by atoms with van der Waals surface area (Å²) in [4.78, 5) is 15.3. The van der Waals surface area contributed by atoms with E-state index in [9.17, 15) is 0 Å². The topological polar surface area (TPSA) is 84.4 Å². The lowest BCUT2D eigenvalue weighted by Crippen LogP contribution is -2.44. The molecule has 1 fully saturated rings. The number of rotatable bonds is 2. The van der Waals surface area contributed by atoms with Gasteiger partial charge in [0, 0.05) is 44.4 Å². The molecule has 116 valence electrons. The number of nitrogens with one attached hydrogen (secondary N) is 1. The molecule has 0 bridgehead atoms. The maximum atomic E-state index is 5.40. The highest BCUT2D eigenvalue weighted by Gasteiger charge is 2.26. The number of nitrogens with zero attached hydrogens (tertiary/aromatic N) is 6. The molecule has 1 atom stereocenters. The van der Waals surface area contributed by atoms with Crippen molar-refractivity contribution in [2.24, 2.45) is 0 Å². The predicted octanol–water partition coefficient (Wildman–Crippen LogP) is 0.777. The molecule has 1 aliphatic rings. The maximum Gasteiger partial charge on any atom is 0.280 e. The van der Waals surface area contributed by atoms with Crippen LogP contribution in [-0.2, 0) is 0 Å². The third kappa shape index (κ3) is 2.45. The summed E-state index contributed by atoms with van der Waals surface area (Å²) >= 11 is 0. The molecule has 0 saturated carbocycles. The Morgan fingerprint density at radius 3 is 2.91 bits per heavy atom. The van der Waals surface area contributed by atoms with Gasteiger partial charge in [0.15, 0.2) is 17.2 Å². The first-order valence-corrected chi connectivity index (χ1v) is 6.85. The summed E-state index contributed by atoms with van der Waals surface area (Å²) in [6.45, 7) is 2.76. The lowest BCUT2D eigenvalue weighted by atomic mass is 10.2. The Labute approximate surface area is 133 Å². The molecule has 9 heteroatoms. The summed E-state index contributed by atoms with van der Waals surface area (Å²) < 4.78 is 7.27. The fourth-order valence-corrected chi connectivity index (χ4v) is 2.57. The van der Waals surface area contributed by atoms with Gasteiger partial charge < -0.3 is 14.2 Å². The van der Waals surface area contributed by atoms with Crippen molar-refractivity contribution in [3.8, 4) is 11.6 Å². The largest absolute Gasteiger partial charge is 0.332 e. The van der Waals surface area contributed by atoms with E-state index in [1.165, 1.54) is 0 Å². The van der Waals surface area contributed by atoms with Crippen LogP contribution in [0, 0.1) is 0 Å². The van der Waals surface area contributed by atoms with Crippen LogP contribution in [0.25, 0.3) is 17.2 Å². The Kier molecular flexibility index (Phi) is 4.06. The van der Waals surface area contributed by atoms with Gasteiger partial charge in [-0.2, -0.15) is 4.98 Å². The number of hydrogen-bond donors (Lipinski definition) is 1. The first-order chi connectivity index (χ1) is 10.3. The summed E-state index contributed by atoms with van der Waals surface area (Å²) in [6.07, 6.45) is 7.11. The average Bonchev–Trinajstić information content (AvgIpc) is 3.16. The van der Waals surface area contributed by atoms with E-state index in [1.807, 2.05) is 16.8 Å². The fraction of sp³-hybridized carbons (Fsp3) is 0.385. The van der Waals surface area contributed by atoms with Crippen LogP contribution in [0.1, 0.15) is 11.9 Å². The molecular weight excluding hydrogens is 306 g/mol. The van der Waals surface area contributed by atoms with Gasteiger partial charge >= 0.3 is 0 Å².